The van der Waals surface area contributed by atoms with Gasteiger partial charge < -0.3 is 5.32 Å². The van der Waals surface area contributed by atoms with Gasteiger partial charge >= 0.3 is 0 Å². The average Bonchev–Trinajstić information content (AvgIpc) is 2.88. The third-order valence-corrected chi connectivity index (χ3v) is 4.26. The lowest BCUT2D eigenvalue weighted by Gasteiger charge is -2.20. The van der Waals surface area contributed by atoms with Crippen LogP contribution < -0.4 is 5.32 Å². The first kappa shape index (κ1) is 12.9. The van der Waals surface area contributed by atoms with Crippen LogP contribution in [0.3, 0.4) is 0 Å². The van der Waals surface area contributed by atoms with Crippen LogP contribution in [0.15, 0.2) is 0 Å². The van der Waals surface area contributed by atoms with Crippen molar-refractivity contribution < 1.29 is 4.79 Å². The zero-order valence-corrected chi connectivity index (χ0v) is 11.2. The van der Waals surface area contributed by atoms with E-state index in [0.29, 0.717) is 18.0 Å². The third kappa shape index (κ3) is 3.70. The quantitative estimate of drug-likeness (QED) is 0.814. The van der Waals surface area contributed by atoms with Gasteiger partial charge in [-0.3, -0.25) is 9.69 Å². The van der Waals surface area contributed by atoms with Crippen LogP contribution in [0.5, 0.6) is 0 Å². The first-order valence-electron chi connectivity index (χ1n) is 7.18. The van der Waals surface area contributed by atoms with E-state index in [1.54, 1.807) is 0 Å². The van der Waals surface area contributed by atoms with Crippen molar-refractivity contribution in [3.63, 3.8) is 0 Å². The molecule has 1 atom stereocenters. The van der Waals surface area contributed by atoms with Crippen LogP contribution in [-0.2, 0) is 4.79 Å². The Morgan fingerprint density at radius 1 is 1.29 bits per heavy atom. The zero-order valence-electron chi connectivity index (χ0n) is 11.2. The molecule has 0 radical (unpaired) electrons. The van der Waals surface area contributed by atoms with Crippen LogP contribution in [0.25, 0.3) is 0 Å². The Bertz CT molecular complexity index is 259. The second-order valence-corrected chi connectivity index (χ2v) is 6.00. The minimum atomic E-state index is 0.285. The van der Waals surface area contributed by atoms with Crippen molar-refractivity contribution in [1.82, 2.24) is 10.2 Å². The molecule has 0 bridgehead atoms. The van der Waals surface area contributed by atoms with E-state index in [0.717, 1.165) is 25.9 Å². The number of hydrogen-bond donors (Lipinski definition) is 1. The van der Waals surface area contributed by atoms with Crippen LogP contribution in [0, 0.1) is 5.92 Å². The van der Waals surface area contributed by atoms with E-state index in [1.807, 2.05) is 0 Å². The minimum absolute atomic E-state index is 0.285. The summed E-state index contributed by atoms with van der Waals surface area (Å²) in [6, 6.07) is 0.998. The molecule has 1 saturated carbocycles. The van der Waals surface area contributed by atoms with E-state index in [9.17, 15) is 4.79 Å². The first-order valence-corrected chi connectivity index (χ1v) is 7.18. The maximum atomic E-state index is 11.9. The SMILES string of the molecule is CC(C)N1CCC(NC(=O)CC2CCCC2)C1. The predicted molar refractivity (Wildman–Crippen MR) is 69.8 cm³/mol. The number of likely N-dealkylation sites (tertiary alicyclic amines) is 1. The van der Waals surface area contributed by atoms with Gasteiger partial charge in [-0.1, -0.05) is 12.8 Å². The predicted octanol–water partition coefficient (Wildman–Crippen LogP) is 2.17. The van der Waals surface area contributed by atoms with Crippen LogP contribution in [0.4, 0.5) is 0 Å². The highest BCUT2D eigenvalue weighted by Crippen LogP contribution is 2.27. The molecule has 0 spiro atoms. The molecule has 1 N–H and O–H groups in total. The number of carbonyl (C=O) groups excluding carboxylic acids is 1. The number of carbonyl (C=O) groups is 1. The molecule has 1 amide bonds. The largest absolute Gasteiger partial charge is 0.352 e. The Morgan fingerprint density at radius 3 is 2.59 bits per heavy atom. The fraction of sp³-hybridized carbons (Fsp3) is 0.929. The van der Waals surface area contributed by atoms with Crippen LogP contribution in [-0.4, -0.2) is 36.0 Å². The van der Waals surface area contributed by atoms with Crippen LogP contribution in [0.1, 0.15) is 52.4 Å². The average molecular weight is 238 g/mol. The van der Waals surface area contributed by atoms with Crippen molar-refractivity contribution in [2.75, 3.05) is 13.1 Å². The third-order valence-electron chi connectivity index (χ3n) is 4.26. The molecule has 2 fully saturated rings. The Balaban J connectivity index is 1.68. The van der Waals surface area contributed by atoms with E-state index in [1.165, 1.54) is 25.7 Å². The summed E-state index contributed by atoms with van der Waals surface area (Å²) in [4.78, 5) is 14.3. The molecule has 3 nitrogen and oxygen atoms in total. The molecule has 98 valence electrons. The summed E-state index contributed by atoms with van der Waals surface area (Å²) in [6.45, 7) is 6.62. The Hall–Kier alpha value is -0.570. The number of amides is 1. The molecule has 1 heterocycles. The van der Waals surface area contributed by atoms with Gasteiger partial charge in [0, 0.05) is 31.6 Å². The lowest BCUT2D eigenvalue weighted by atomic mass is 10.0. The molecule has 1 aliphatic carbocycles. The lowest BCUT2D eigenvalue weighted by molar-refractivity contribution is -0.122. The van der Waals surface area contributed by atoms with Crippen molar-refractivity contribution in [3.8, 4) is 0 Å². The van der Waals surface area contributed by atoms with Gasteiger partial charge in [0.05, 0.1) is 0 Å². The molecule has 2 aliphatic rings. The molecule has 0 aromatic heterocycles. The van der Waals surface area contributed by atoms with Gasteiger partial charge in [-0.05, 0) is 39.0 Å². The molecule has 1 saturated heterocycles. The highest BCUT2D eigenvalue weighted by Gasteiger charge is 2.26. The summed E-state index contributed by atoms with van der Waals surface area (Å²) >= 11 is 0. The Labute approximate surface area is 105 Å². The van der Waals surface area contributed by atoms with Crippen molar-refractivity contribution in [2.45, 2.75) is 64.5 Å². The summed E-state index contributed by atoms with van der Waals surface area (Å²) in [5, 5.41) is 3.21. The number of nitrogens with zero attached hydrogens (tertiary/aromatic N) is 1. The van der Waals surface area contributed by atoms with E-state index >= 15 is 0 Å². The Morgan fingerprint density at radius 2 is 2.00 bits per heavy atom. The standard InChI is InChI=1S/C14H26N2O/c1-11(2)16-8-7-13(10-16)15-14(17)9-12-5-3-4-6-12/h11-13H,3-10H2,1-2H3,(H,15,17). The fourth-order valence-corrected chi connectivity index (χ4v) is 3.14. The smallest absolute Gasteiger partial charge is 0.220 e. The topological polar surface area (TPSA) is 32.3 Å². The molecule has 17 heavy (non-hydrogen) atoms. The van der Waals surface area contributed by atoms with Gasteiger partial charge in [0.25, 0.3) is 0 Å². The van der Waals surface area contributed by atoms with Gasteiger partial charge in [0.2, 0.25) is 5.91 Å². The number of hydrogen-bond acceptors (Lipinski definition) is 2. The molecule has 3 heteroatoms. The van der Waals surface area contributed by atoms with E-state index in [2.05, 4.69) is 24.1 Å². The molecular formula is C14H26N2O. The monoisotopic (exact) mass is 238 g/mol. The maximum absolute atomic E-state index is 11.9. The summed E-state index contributed by atoms with van der Waals surface area (Å²) in [7, 11) is 0. The highest BCUT2D eigenvalue weighted by atomic mass is 16.1. The Kier molecular flexibility index (Phi) is 4.43. The lowest BCUT2D eigenvalue weighted by Crippen LogP contribution is -2.39. The molecule has 1 aliphatic heterocycles. The highest BCUT2D eigenvalue weighted by molar-refractivity contribution is 5.76. The van der Waals surface area contributed by atoms with E-state index < -0.39 is 0 Å². The number of rotatable bonds is 4. The summed E-state index contributed by atoms with van der Waals surface area (Å²) in [5.74, 6) is 0.949. The van der Waals surface area contributed by atoms with Gasteiger partial charge in [-0.2, -0.15) is 0 Å². The molecule has 0 aromatic carbocycles. The maximum Gasteiger partial charge on any atom is 0.220 e. The van der Waals surface area contributed by atoms with E-state index in [-0.39, 0.29) is 5.91 Å². The van der Waals surface area contributed by atoms with E-state index in [4.69, 9.17) is 0 Å². The first-order chi connectivity index (χ1) is 8.15. The van der Waals surface area contributed by atoms with Crippen LogP contribution in [0.2, 0.25) is 0 Å². The van der Waals surface area contributed by atoms with Crippen LogP contribution >= 0.6 is 0 Å². The van der Waals surface area contributed by atoms with Crippen molar-refractivity contribution >= 4 is 5.91 Å². The second kappa shape index (κ2) is 5.85. The van der Waals surface area contributed by atoms with Crippen molar-refractivity contribution in [2.24, 2.45) is 5.92 Å². The molecule has 0 aromatic rings. The van der Waals surface area contributed by atoms with Gasteiger partial charge in [0.15, 0.2) is 0 Å². The normalized spacial score (nSPS) is 26.9. The van der Waals surface area contributed by atoms with Crippen molar-refractivity contribution in [3.05, 3.63) is 0 Å². The molecular weight excluding hydrogens is 212 g/mol. The van der Waals surface area contributed by atoms with Gasteiger partial charge in [-0.25, -0.2) is 0 Å². The number of nitrogens with one attached hydrogen (secondary N) is 1. The fourth-order valence-electron chi connectivity index (χ4n) is 3.14. The second-order valence-electron chi connectivity index (χ2n) is 6.00. The van der Waals surface area contributed by atoms with Gasteiger partial charge in [-0.15, -0.1) is 0 Å². The molecule has 1 unspecified atom stereocenters. The summed E-state index contributed by atoms with van der Waals surface area (Å²) in [5.41, 5.74) is 0. The summed E-state index contributed by atoms with van der Waals surface area (Å²) in [6.07, 6.45) is 7.05. The zero-order chi connectivity index (χ0) is 12.3. The summed E-state index contributed by atoms with van der Waals surface area (Å²) < 4.78 is 0. The molecule has 2 rings (SSSR count). The minimum Gasteiger partial charge on any atom is -0.352 e. The van der Waals surface area contributed by atoms with Gasteiger partial charge in [0.1, 0.15) is 0 Å². The van der Waals surface area contributed by atoms with Crippen molar-refractivity contribution in [1.29, 1.82) is 0 Å².